The number of alkyl halides is 2. The van der Waals surface area contributed by atoms with Crippen molar-refractivity contribution in [3.8, 4) is 0 Å². The Labute approximate surface area is 137 Å². The number of hydrogen-bond donors (Lipinski definition) is 1. The van der Waals surface area contributed by atoms with Gasteiger partial charge in [0.15, 0.2) is 0 Å². The molecule has 0 aliphatic heterocycles. The molecule has 1 N–H and O–H groups in total. The fourth-order valence-electron chi connectivity index (χ4n) is 1.80. The predicted octanol–water partition coefficient (Wildman–Crippen LogP) is 0.448. The molecule has 1 amide bonds. The lowest BCUT2D eigenvalue weighted by atomic mass is 10.4. The molecule has 24 heavy (non-hydrogen) atoms. The molecule has 11 heteroatoms. The lowest BCUT2D eigenvalue weighted by molar-refractivity contribution is -0.570. The maximum absolute atomic E-state index is 12.3. The minimum absolute atomic E-state index is 0.512. The van der Waals surface area contributed by atoms with E-state index in [-0.39, 0.29) is 0 Å². The highest BCUT2D eigenvalue weighted by Crippen LogP contribution is 2.08. The van der Waals surface area contributed by atoms with Gasteiger partial charge in [-0.3, -0.25) is 4.68 Å². The molecule has 0 aliphatic carbocycles. The van der Waals surface area contributed by atoms with E-state index in [4.69, 9.17) is 0 Å². The maximum atomic E-state index is 12.3. The van der Waals surface area contributed by atoms with E-state index < -0.39 is 34.1 Å². The average Bonchev–Trinajstić information content (AvgIpc) is 2.95. The van der Waals surface area contributed by atoms with E-state index in [1.54, 1.807) is 12.1 Å². The Balaban J connectivity index is 2.13. The first kappa shape index (κ1) is 17.8. The summed E-state index contributed by atoms with van der Waals surface area (Å²) >= 11 is 0. The lowest BCUT2D eigenvalue weighted by Crippen LogP contribution is -2.51. The molecule has 0 aliphatic rings. The molecule has 0 aromatic carbocycles. The number of hydrogen-bond acceptors (Lipinski definition) is 5. The molecule has 130 valence electrons. The molecule has 2 aromatic rings. The van der Waals surface area contributed by atoms with Crippen LogP contribution in [0.2, 0.25) is 0 Å². The van der Waals surface area contributed by atoms with Crippen LogP contribution in [-0.2, 0) is 16.6 Å². The van der Waals surface area contributed by atoms with Gasteiger partial charge in [0.25, 0.3) is 6.43 Å². The number of anilines is 1. The first-order valence-electron chi connectivity index (χ1n) is 6.76. The zero-order valence-electron chi connectivity index (χ0n) is 12.9. The van der Waals surface area contributed by atoms with Crippen molar-refractivity contribution in [1.82, 2.24) is 14.5 Å². The minimum Gasteiger partial charge on any atom is -0.377 e. The summed E-state index contributed by atoms with van der Waals surface area (Å²) < 4.78 is 52.3. The van der Waals surface area contributed by atoms with Gasteiger partial charge in [-0.05, 0) is 6.07 Å². The Morgan fingerprint density at radius 1 is 1.33 bits per heavy atom. The van der Waals surface area contributed by atoms with Gasteiger partial charge in [-0.1, -0.05) is 0 Å². The zero-order valence-corrected chi connectivity index (χ0v) is 13.7. The van der Waals surface area contributed by atoms with E-state index in [0.29, 0.717) is 0 Å². The van der Waals surface area contributed by atoms with Crippen molar-refractivity contribution in [2.45, 2.75) is 18.0 Å². The summed E-state index contributed by atoms with van der Waals surface area (Å²) in [5, 5.41) is 3.01. The first-order chi connectivity index (χ1) is 11.2. The third-order valence-electron chi connectivity index (χ3n) is 3.00. The molecular weight excluding hydrogens is 344 g/mol. The van der Waals surface area contributed by atoms with Gasteiger partial charge in [-0.25, -0.2) is 8.78 Å². The SMILES string of the molecule is CN(C)c1cc[n+](C(=O)NS(=O)(=O)c2ccn(CC(F)F)n2)cc1. The number of nitrogens with zero attached hydrogens (tertiary/aromatic N) is 4. The van der Waals surface area contributed by atoms with Crippen LogP contribution in [0, 0.1) is 0 Å². The van der Waals surface area contributed by atoms with E-state index >= 15 is 0 Å². The van der Waals surface area contributed by atoms with Gasteiger partial charge < -0.3 is 4.90 Å². The van der Waals surface area contributed by atoms with Crippen LogP contribution in [0.1, 0.15) is 0 Å². The predicted molar refractivity (Wildman–Crippen MR) is 80.3 cm³/mol. The quantitative estimate of drug-likeness (QED) is 0.782. The first-order valence-corrected chi connectivity index (χ1v) is 8.25. The molecule has 0 saturated carbocycles. The average molecular weight is 360 g/mol. The van der Waals surface area contributed by atoms with Gasteiger partial charge in [0.1, 0.15) is 18.9 Å². The summed E-state index contributed by atoms with van der Waals surface area (Å²) in [5.41, 5.74) is 0.827. The fourth-order valence-corrected chi connectivity index (χ4v) is 2.69. The topological polar surface area (TPSA) is 88.2 Å². The van der Waals surface area contributed by atoms with Gasteiger partial charge >= 0.3 is 16.1 Å². The molecule has 2 rings (SSSR count). The van der Waals surface area contributed by atoms with Crippen LogP contribution in [0.25, 0.3) is 0 Å². The van der Waals surface area contributed by atoms with Crippen LogP contribution < -0.4 is 14.2 Å². The van der Waals surface area contributed by atoms with Gasteiger partial charge in [-0.2, -0.15) is 22.9 Å². The largest absolute Gasteiger partial charge is 0.511 e. The maximum Gasteiger partial charge on any atom is 0.511 e. The molecule has 0 bridgehead atoms. The van der Waals surface area contributed by atoms with Gasteiger partial charge in [0, 0.05) is 38.1 Å². The summed E-state index contributed by atoms with van der Waals surface area (Å²) in [6.45, 7) is -0.732. The number of halogens is 2. The Morgan fingerprint density at radius 2 is 1.96 bits per heavy atom. The second kappa shape index (κ2) is 6.91. The number of amides is 1. The molecule has 0 unspecified atom stereocenters. The Morgan fingerprint density at radius 3 is 2.50 bits per heavy atom. The van der Waals surface area contributed by atoms with E-state index in [0.717, 1.165) is 27.2 Å². The zero-order chi connectivity index (χ0) is 17.9. The molecule has 2 aromatic heterocycles. The van der Waals surface area contributed by atoms with E-state index in [1.807, 2.05) is 23.7 Å². The highest BCUT2D eigenvalue weighted by atomic mass is 32.2. The van der Waals surface area contributed by atoms with Crippen molar-refractivity contribution >= 4 is 21.7 Å². The summed E-state index contributed by atoms with van der Waals surface area (Å²) in [4.78, 5) is 13.8. The van der Waals surface area contributed by atoms with Crippen molar-refractivity contribution < 1.29 is 26.6 Å². The van der Waals surface area contributed by atoms with Crippen LogP contribution >= 0.6 is 0 Å². The van der Waals surface area contributed by atoms with Crippen LogP contribution in [0.5, 0.6) is 0 Å². The van der Waals surface area contributed by atoms with Gasteiger partial charge in [0.05, 0.1) is 0 Å². The number of pyridine rings is 1. The van der Waals surface area contributed by atoms with Crippen LogP contribution in [0.3, 0.4) is 0 Å². The van der Waals surface area contributed by atoms with Crippen molar-refractivity contribution in [2.75, 3.05) is 19.0 Å². The summed E-state index contributed by atoms with van der Waals surface area (Å²) in [5.74, 6) is 0. The van der Waals surface area contributed by atoms with E-state index in [2.05, 4.69) is 5.10 Å². The summed E-state index contributed by atoms with van der Waals surface area (Å²) in [6, 6.07) is 3.38. The van der Waals surface area contributed by atoms with Crippen molar-refractivity contribution in [1.29, 1.82) is 0 Å². The van der Waals surface area contributed by atoms with Crippen LogP contribution in [0.15, 0.2) is 41.8 Å². The number of nitrogens with one attached hydrogen (secondary N) is 1. The summed E-state index contributed by atoms with van der Waals surface area (Å²) in [6.07, 6.45) is 1.23. The number of rotatable bonds is 5. The summed E-state index contributed by atoms with van der Waals surface area (Å²) in [7, 11) is -0.618. The van der Waals surface area contributed by atoms with Crippen molar-refractivity contribution in [2.24, 2.45) is 0 Å². The highest BCUT2D eigenvalue weighted by Gasteiger charge is 2.28. The van der Waals surface area contributed by atoms with Crippen LogP contribution in [-0.4, -0.2) is 44.8 Å². The molecule has 8 nitrogen and oxygen atoms in total. The number of aromatic nitrogens is 3. The van der Waals surface area contributed by atoms with Crippen molar-refractivity contribution in [3.05, 3.63) is 36.8 Å². The highest BCUT2D eigenvalue weighted by molar-refractivity contribution is 7.90. The van der Waals surface area contributed by atoms with Crippen LogP contribution in [0.4, 0.5) is 19.3 Å². The standard InChI is InChI=1S/C13H15F2N5O3S/c1-18(2)10-3-6-19(7-4-10)13(21)17-24(22,23)12-5-8-20(16-12)9-11(14)15/h3-8,11H,9H2,1-2H3/p+1. The Kier molecular flexibility index (Phi) is 5.12. The van der Waals surface area contributed by atoms with E-state index in [9.17, 15) is 22.0 Å². The lowest BCUT2D eigenvalue weighted by Gasteiger charge is -2.10. The third-order valence-corrected chi connectivity index (χ3v) is 4.21. The molecule has 0 spiro atoms. The fraction of sp³-hybridized carbons (Fsp3) is 0.308. The second-order valence-corrected chi connectivity index (χ2v) is 6.67. The smallest absolute Gasteiger partial charge is 0.377 e. The molecule has 2 heterocycles. The molecule has 0 saturated heterocycles. The second-order valence-electron chi connectivity index (χ2n) is 5.04. The monoisotopic (exact) mass is 360 g/mol. The minimum atomic E-state index is -4.26. The molecule has 0 radical (unpaired) electrons. The molecule has 0 fully saturated rings. The third kappa shape index (κ3) is 4.25. The number of carbonyl (C=O) groups is 1. The van der Waals surface area contributed by atoms with Gasteiger partial charge in [0.2, 0.25) is 5.03 Å². The van der Waals surface area contributed by atoms with Crippen molar-refractivity contribution in [3.63, 3.8) is 0 Å². The Hall–Kier alpha value is -2.56. The Bertz CT molecular complexity index is 818. The molecule has 0 atom stereocenters. The molecular formula is C13H16F2N5O3S+. The number of sulfonamides is 1. The van der Waals surface area contributed by atoms with Gasteiger partial charge in [-0.15, -0.1) is 4.72 Å². The normalized spacial score (nSPS) is 11.5. The van der Waals surface area contributed by atoms with E-state index in [1.165, 1.54) is 12.4 Å². The number of carbonyl (C=O) groups excluding carboxylic acids is 1.